The fraction of sp³-hybridized carbons (Fsp3) is 0.600. The maximum absolute atomic E-state index is 15.5. The Morgan fingerprint density at radius 3 is 2.13 bits per heavy atom. The summed E-state index contributed by atoms with van der Waals surface area (Å²) in [7, 11) is 3.08. The van der Waals surface area contributed by atoms with Gasteiger partial charge in [0.1, 0.15) is 35.3 Å². The third-order valence-electron chi connectivity index (χ3n) is 16.7. The van der Waals surface area contributed by atoms with Crippen LogP contribution >= 0.6 is 0 Å². The van der Waals surface area contributed by atoms with E-state index < -0.39 is 106 Å². The van der Waals surface area contributed by atoms with Gasteiger partial charge in [-0.15, -0.1) is 0 Å². The molecule has 2 N–H and O–H groups in total. The molecule has 0 aliphatic heterocycles. The molecule has 15 heteroatoms. The number of fused-ring (bicyclic) bond motifs is 5. The number of ketones is 1. The number of aliphatic hydroxyl groups excluding tert-OH is 1. The van der Waals surface area contributed by atoms with Crippen molar-refractivity contribution in [2.45, 2.75) is 154 Å². The molecule has 3 unspecified atom stereocenters. The minimum Gasteiger partial charge on any atom is -0.458 e. The number of allylic oxidation sites excluding steroid dienone is 1. The van der Waals surface area contributed by atoms with Crippen molar-refractivity contribution in [1.82, 2.24) is 9.80 Å². The van der Waals surface area contributed by atoms with Crippen LogP contribution in [0.25, 0.3) is 0 Å². The van der Waals surface area contributed by atoms with Gasteiger partial charge in [0.2, 0.25) is 6.10 Å². The van der Waals surface area contributed by atoms with Crippen molar-refractivity contribution in [3.63, 3.8) is 0 Å². The highest BCUT2D eigenvalue weighted by Crippen LogP contribution is 2.67. The smallest absolute Gasteiger partial charge is 0.410 e. The second kappa shape index (κ2) is 20.7. The molecule has 7 rings (SSSR count). The van der Waals surface area contributed by atoms with Crippen LogP contribution in [-0.2, 0) is 38.1 Å². The second-order valence-electron chi connectivity index (χ2n) is 21.2. The summed E-state index contributed by atoms with van der Waals surface area (Å²) in [4.78, 5) is 87.5. The van der Waals surface area contributed by atoms with Gasteiger partial charge in [-0.3, -0.25) is 9.59 Å². The summed E-state index contributed by atoms with van der Waals surface area (Å²) in [5.41, 5.74) is -4.84. The lowest BCUT2D eigenvalue weighted by molar-refractivity contribution is -0.295. The molecule has 2 bridgehead atoms. The van der Waals surface area contributed by atoms with Gasteiger partial charge in [0, 0.05) is 63.7 Å². The highest BCUT2D eigenvalue weighted by atomic mass is 16.6. The number of carbonyl (C=O) groups excluding carboxylic acids is 6. The number of hydrogen-bond donors (Lipinski definition) is 2. The van der Waals surface area contributed by atoms with E-state index in [1.807, 2.05) is 18.2 Å². The van der Waals surface area contributed by atoms with E-state index in [-0.39, 0.29) is 37.6 Å². The molecule has 3 fully saturated rings. The van der Waals surface area contributed by atoms with Crippen LogP contribution < -0.4 is 0 Å². The van der Waals surface area contributed by atoms with E-state index in [1.54, 1.807) is 103 Å². The predicted octanol–water partition coefficient (Wildman–Crippen LogP) is 8.12. The van der Waals surface area contributed by atoms with Gasteiger partial charge in [0.25, 0.3) is 0 Å². The number of rotatable bonds is 12. The molecule has 5 aliphatic rings. The lowest BCUT2D eigenvalue weighted by Gasteiger charge is -2.68. The van der Waals surface area contributed by atoms with Crippen LogP contribution in [0.3, 0.4) is 0 Å². The Labute approximate surface area is 411 Å². The van der Waals surface area contributed by atoms with E-state index in [4.69, 9.17) is 23.7 Å². The van der Waals surface area contributed by atoms with Crippen LogP contribution in [-0.4, -0.2) is 125 Å². The van der Waals surface area contributed by atoms with Gasteiger partial charge in [0.15, 0.2) is 0 Å². The fourth-order valence-electron chi connectivity index (χ4n) is 12.4. The summed E-state index contributed by atoms with van der Waals surface area (Å²) in [6, 6.07) is 17.2. The van der Waals surface area contributed by atoms with Gasteiger partial charge >= 0.3 is 30.1 Å². The summed E-state index contributed by atoms with van der Waals surface area (Å²) >= 11 is 0. The maximum Gasteiger partial charge on any atom is 0.410 e. The van der Waals surface area contributed by atoms with Gasteiger partial charge < -0.3 is 43.7 Å². The zero-order valence-corrected chi connectivity index (χ0v) is 42.2. The lowest BCUT2D eigenvalue weighted by atomic mass is 9.40. The average molecular weight is 969 g/mol. The van der Waals surface area contributed by atoms with E-state index in [2.05, 4.69) is 0 Å². The number of benzene rings is 2. The molecule has 12 atom stereocenters. The summed E-state index contributed by atoms with van der Waals surface area (Å²) in [6.07, 6.45) is 2.04. The van der Waals surface area contributed by atoms with Gasteiger partial charge in [-0.1, -0.05) is 88.7 Å². The third kappa shape index (κ3) is 9.64. The molecule has 0 aromatic heterocycles. The first-order valence-electron chi connectivity index (χ1n) is 25.0. The molecule has 15 nitrogen and oxygen atoms in total. The van der Waals surface area contributed by atoms with Crippen molar-refractivity contribution in [1.29, 1.82) is 0 Å². The molecule has 3 saturated carbocycles. The minimum absolute atomic E-state index is 0.0435. The summed E-state index contributed by atoms with van der Waals surface area (Å²) in [5, 5.41) is 26.0. The van der Waals surface area contributed by atoms with Crippen molar-refractivity contribution in [3.8, 4) is 0 Å². The Morgan fingerprint density at radius 2 is 1.50 bits per heavy atom. The highest BCUT2D eigenvalue weighted by Gasteiger charge is 2.76. The van der Waals surface area contributed by atoms with Crippen molar-refractivity contribution in [2.24, 2.45) is 28.6 Å². The number of hydrogen-bond acceptors (Lipinski definition) is 13. The van der Waals surface area contributed by atoms with Gasteiger partial charge in [-0.05, 0) is 93.7 Å². The monoisotopic (exact) mass is 969 g/mol. The Morgan fingerprint density at radius 1 is 0.857 bits per heavy atom. The summed E-state index contributed by atoms with van der Waals surface area (Å²) in [5.74, 6) is -6.14. The highest BCUT2D eigenvalue weighted by molar-refractivity contribution is 5.92. The number of aliphatic hydroxyl groups is 2. The van der Waals surface area contributed by atoms with E-state index in [0.29, 0.717) is 29.6 Å². The summed E-state index contributed by atoms with van der Waals surface area (Å²) < 4.78 is 31.1. The molecule has 0 heterocycles. The quantitative estimate of drug-likeness (QED) is 0.118. The zero-order chi connectivity index (χ0) is 50.9. The number of esters is 3. The molecule has 5 aliphatic carbocycles. The Kier molecular flexibility index (Phi) is 15.4. The topological polar surface area (TPSA) is 196 Å². The van der Waals surface area contributed by atoms with E-state index in [0.717, 1.165) is 32.1 Å². The number of likely N-dealkylation sites (N-methyl/N-ethyl adjacent to an activating group) is 2. The molecule has 0 radical (unpaired) electrons. The van der Waals surface area contributed by atoms with Crippen LogP contribution in [0, 0.1) is 28.6 Å². The second-order valence-corrected chi connectivity index (χ2v) is 21.2. The van der Waals surface area contributed by atoms with Crippen molar-refractivity contribution >= 4 is 35.9 Å². The van der Waals surface area contributed by atoms with Crippen molar-refractivity contribution < 1.29 is 62.7 Å². The largest absolute Gasteiger partial charge is 0.458 e. The van der Waals surface area contributed by atoms with Gasteiger partial charge in [-0.25, -0.2) is 19.2 Å². The number of amides is 2. The Hall–Kier alpha value is -5.54. The van der Waals surface area contributed by atoms with Crippen LogP contribution in [0.15, 0.2) is 84.0 Å². The first-order valence-corrected chi connectivity index (χ1v) is 25.0. The minimum atomic E-state index is -2.14. The Balaban J connectivity index is 1.22. The van der Waals surface area contributed by atoms with Gasteiger partial charge in [0.05, 0.1) is 23.0 Å². The Bertz CT molecular complexity index is 2350. The average Bonchev–Trinajstić information content (AvgIpc) is 3.31. The number of nitrogens with zero attached hydrogens (tertiary/aromatic N) is 2. The SMILES string of the molecule is CC(=O)O[C@@]12CC[C@@H]1C[C@H](O)[C@@]1(C)C(=O)[C@H](C)C3=C(C)[C@@H](OC(=O)[C@H](OC(=O)N(C)CCN(C)C(=O)OC4/C=C/CCCCC4)[C@@H](C)c4ccccc4)C[C@@](O)(C(OC(=O)c4ccccc4)C12)C3(C)C. The molecule has 380 valence electrons. The first-order chi connectivity index (χ1) is 33.1. The van der Waals surface area contributed by atoms with Crippen LogP contribution in [0.2, 0.25) is 0 Å². The normalized spacial score (nSPS) is 32.5. The van der Waals surface area contributed by atoms with Crippen LogP contribution in [0.5, 0.6) is 0 Å². The van der Waals surface area contributed by atoms with E-state index >= 15 is 4.79 Å². The molecular weight excluding hydrogens is 897 g/mol. The summed E-state index contributed by atoms with van der Waals surface area (Å²) in [6.45, 7) is 11.7. The fourth-order valence-corrected chi connectivity index (χ4v) is 12.4. The molecule has 0 saturated heterocycles. The van der Waals surface area contributed by atoms with Crippen LogP contribution in [0.1, 0.15) is 128 Å². The van der Waals surface area contributed by atoms with Gasteiger partial charge in [-0.2, -0.15) is 0 Å². The number of carbonyl (C=O) groups is 6. The zero-order valence-electron chi connectivity index (χ0n) is 42.2. The van der Waals surface area contributed by atoms with E-state index in [9.17, 15) is 34.2 Å². The van der Waals surface area contributed by atoms with Crippen molar-refractivity contribution in [3.05, 3.63) is 95.1 Å². The van der Waals surface area contributed by atoms with Crippen LogP contribution in [0.4, 0.5) is 9.59 Å². The molecule has 70 heavy (non-hydrogen) atoms. The molecule has 2 amide bonds. The molecule has 0 spiro atoms. The standard InChI is InChI=1S/C55H72N2O13/c1-33(37-21-15-13-16-22-37)44(68-51(64)57(9)30-29-56(8)50(63)66-40-25-19-11-10-12-20-26-40)49(62)67-41-32-55(65)47(69-48(61)38-23-17-14-18-24-38)45-53(7,46(60)35(3)43(34(41)2)52(55,5)6)42(59)31-39-27-28-54(39,45)70-36(4)58/h13-19,21-25,33,35,39-42,44-45,47,59,65H,10-12,20,26-32H2,1-9H3/b25-19+/t33-,35+,39+,40?,41-,42-,44+,45?,47?,53+,54-,55+/m0/s1. The maximum atomic E-state index is 15.5. The molecule has 2 aromatic carbocycles. The molecular formula is C55H72N2O13. The third-order valence-corrected chi connectivity index (χ3v) is 16.7. The predicted molar refractivity (Wildman–Crippen MR) is 258 cm³/mol. The number of Topliss-reactive ketones (excluding diaryl/α,β-unsaturated/α-hetero) is 1. The van der Waals surface area contributed by atoms with Crippen molar-refractivity contribution in [2.75, 3.05) is 27.2 Å². The first kappa shape index (κ1) is 52.3. The molecule has 2 aromatic rings. The lowest BCUT2D eigenvalue weighted by Crippen LogP contribution is -2.78. The number of ether oxygens (including phenoxy) is 5. The van der Waals surface area contributed by atoms with E-state index in [1.165, 1.54) is 23.8 Å².